The summed E-state index contributed by atoms with van der Waals surface area (Å²) < 4.78 is 1.25. The molecule has 0 unspecified atom stereocenters. The molecule has 0 heterocycles. The number of alkyl halides is 1. The average Bonchev–Trinajstić information content (AvgIpc) is 2.82. The summed E-state index contributed by atoms with van der Waals surface area (Å²) in [6.45, 7) is 5.34. The quantitative estimate of drug-likeness (QED) is 0.351. The van der Waals surface area contributed by atoms with E-state index in [0.717, 1.165) is 32.2 Å². The SMILES string of the molecule is CC(C)CC1(C(=O)NCCCCCCI)CCCC1. The van der Waals surface area contributed by atoms with Gasteiger partial charge < -0.3 is 5.32 Å². The Morgan fingerprint density at radius 1 is 1.16 bits per heavy atom. The van der Waals surface area contributed by atoms with Crippen molar-refractivity contribution in [1.82, 2.24) is 5.32 Å². The van der Waals surface area contributed by atoms with Gasteiger partial charge in [-0.1, -0.05) is 62.1 Å². The van der Waals surface area contributed by atoms with E-state index in [4.69, 9.17) is 0 Å². The molecule has 0 aromatic heterocycles. The van der Waals surface area contributed by atoms with Gasteiger partial charge in [0.15, 0.2) is 0 Å². The van der Waals surface area contributed by atoms with Crippen molar-refractivity contribution in [3.8, 4) is 0 Å². The third kappa shape index (κ3) is 6.01. The van der Waals surface area contributed by atoms with Crippen molar-refractivity contribution in [3.63, 3.8) is 0 Å². The van der Waals surface area contributed by atoms with E-state index in [9.17, 15) is 4.79 Å². The third-order valence-corrected chi connectivity index (χ3v) is 4.95. The van der Waals surface area contributed by atoms with Gasteiger partial charge in [0.25, 0.3) is 0 Å². The van der Waals surface area contributed by atoms with Gasteiger partial charge in [-0.2, -0.15) is 0 Å². The van der Waals surface area contributed by atoms with Crippen LogP contribution in [-0.2, 0) is 4.79 Å². The van der Waals surface area contributed by atoms with E-state index in [1.807, 2.05) is 0 Å². The number of amides is 1. The molecule has 0 atom stereocenters. The summed E-state index contributed by atoms with van der Waals surface area (Å²) in [4.78, 5) is 12.5. The second-order valence-electron chi connectivity index (χ2n) is 6.44. The van der Waals surface area contributed by atoms with Crippen LogP contribution >= 0.6 is 22.6 Å². The minimum absolute atomic E-state index is 0.0314. The summed E-state index contributed by atoms with van der Waals surface area (Å²) in [7, 11) is 0. The van der Waals surface area contributed by atoms with Gasteiger partial charge in [0.2, 0.25) is 5.91 Å². The maximum atomic E-state index is 12.5. The van der Waals surface area contributed by atoms with E-state index in [-0.39, 0.29) is 5.41 Å². The summed E-state index contributed by atoms with van der Waals surface area (Å²) in [5.41, 5.74) is -0.0314. The van der Waals surface area contributed by atoms with Crippen LogP contribution in [0.25, 0.3) is 0 Å². The van der Waals surface area contributed by atoms with Gasteiger partial charge in [-0.05, 0) is 42.4 Å². The summed E-state index contributed by atoms with van der Waals surface area (Å²) in [6, 6.07) is 0. The van der Waals surface area contributed by atoms with E-state index in [1.54, 1.807) is 0 Å². The number of carbonyl (C=O) groups is 1. The fourth-order valence-corrected chi connectivity index (χ4v) is 3.86. The first-order valence-corrected chi connectivity index (χ1v) is 9.47. The number of nitrogens with one attached hydrogen (secondary N) is 1. The van der Waals surface area contributed by atoms with Crippen molar-refractivity contribution in [2.24, 2.45) is 11.3 Å². The molecule has 1 saturated carbocycles. The molecule has 0 aromatic rings. The Balaban J connectivity index is 2.29. The van der Waals surface area contributed by atoms with Gasteiger partial charge in [-0.25, -0.2) is 0 Å². The van der Waals surface area contributed by atoms with E-state index in [1.165, 1.54) is 36.5 Å². The molecule has 19 heavy (non-hydrogen) atoms. The summed E-state index contributed by atoms with van der Waals surface area (Å²) >= 11 is 2.43. The minimum atomic E-state index is -0.0314. The molecule has 1 rings (SSSR count). The molecule has 112 valence electrons. The van der Waals surface area contributed by atoms with Crippen molar-refractivity contribution in [1.29, 1.82) is 0 Å². The molecule has 1 aliphatic rings. The predicted molar refractivity (Wildman–Crippen MR) is 90.7 cm³/mol. The van der Waals surface area contributed by atoms with E-state index >= 15 is 0 Å². The summed E-state index contributed by atoms with van der Waals surface area (Å²) in [5, 5.41) is 3.21. The van der Waals surface area contributed by atoms with Gasteiger partial charge in [0.05, 0.1) is 0 Å². The minimum Gasteiger partial charge on any atom is -0.356 e. The molecular weight excluding hydrogens is 349 g/mol. The maximum absolute atomic E-state index is 12.5. The zero-order chi connectivity index (χ0) is 14.1. The van der Waals surface area contributed by atoms with Crippen LogP contribution in [0.3, 0.4) is 0 Å². The lowest BCUT2D eigenvalue weighted by molar-refractivity contribution is -0.131. The molecule has 0 aromatic carbocycles. The van der Waals surface area contributed by atoms with E-state index in [2.05, 4.69) is 41.8 Å². The van der Waals surface area contributed by atoms with Crippen LogP contribution in [0.15, 0.2) is 0 Å². The average molecular weight is 379 g/mol. The maximum Gasteiger partial charge on any atom is 0.226 e. The lowest BCUT2D eigenvalue weighted by Gasteiger charge is -2.29. The van der Waals surface area contributed by atoms with Gasteiger partial charge in [0, 0.05) is 12.0 Å². The van der Waals surface area contributed by atoms with Crippen molar-refractivity contribution in [3.05, 3.63) is 0 Å². The van der Waals surface area contributed by atoms with Crippen LogP contribution in [0.4, 0.5) is 0 Å². The van der Waals surface area contributed by atoms with Crippen LogP contribution in [0.1, 0.15) is 71.6 Å². The number of carbonyl (C=O) groups excluding carboxylic acids is 1. The fourth-order valence-electron chi connectivity index (χ4n) is 3.32. The molecule has 0 spiro atoms. The highest BCUT2D eigenvalue weighted by molar-refractivity contribution is 14.1. The number of halogens is 1. The van der Waals surface area contributed by atoms with Gasteiger partial charge >= 0.3 is 0 Å². The molecular formula is C16H30INO. The molecule has 3 heteroatoms. The lowest BCUT2D eigenvalue weighted by Crippen LogP contribution is -2.40. The Bertz CT molecular complexity index is 259. The second-order valence-corrected chi connectivity index (χ2v) is 7.52. The fraction of sp³-hybridized carbons (Fsp3) is 0.938. The summed E-state index contributed by atoms with van der Waals surface area (Å²) in [5.74, 6) is 0.958. The Morgan fingerprint density at radius 3 is 2.37 bits per heavy atom. The second kappa shape index (κ2) is 9.19. The highest BCUT2D eigenvalue weighted by Gasteiger charge is 2.40. The van der Waals surface area contributed by atoms with E-state index in [0.29, 0.717) is 11.8 Å². The van der Waals surface area contributed by atoms with Gasteiger partial charge in [0.1, 0.15) is 0 Å². The molecule has 1 fully saturated rings. The largest absolute Gasteiger partial charge is 0.356 e. The molecule has 1 amide bonds. The zero-order valence-electron chi connectivity index (χ0n) is 12.6. The number of hydrogen-bond donors (Lipinski definition) is 1. The Morgan fingerprint density at radius 2 is 1.79 bits per heavy atom. The molecule has 0 bridgehead atoms. The number of rotatable bonds is 9. The topological polar surface area (TPSA) is 29.1 Å². The van der Waals surface area contributed by atoms with Crippen LogP contribution in [-0.4, -0.2) is 16.9 Å². The summed E-state index contributed by atoms with van der Waals surface area (Å²) in [6.07, 6.45) is 10.7. The van der Waals surface area contributed by atoms with Crippen molar-refractivity contribution in [2.45, 2.75) is 71.6 Å². The highest BCUT2D eigenvalue weighted by Crippen LogP contribution is 2.43. The molecule has 0 aliphatic heterocycles. The molecule has 0 radical (unpaired) electrons. The molecule has 1 aliphatic carbocycles. The molecule has 1 N–H and O–H groups in total. The van der Waals surface area contributed by atoms with Gasteiger partial charge in [-0.3, -0.25) is 4.79 Å². The predicted octanol–water partition coefficient (Wildman–Crippen LogP) is 4.70. The first-order valence-electron chi connectivity index (χ1n) is 7.95. The Labute approximate surface area is 132 Å². The van der Waals surface area contributed by atoms with E-state index < -0.39 is 0 Å². The monoisotopic (exact) mass is 379 g/mol. The Hall–Kier alpha value is 0.200. The normalized spacial score (nSPS) is 17.9. The lowest BCUT2D eigenvalue weighted by atomic mass is 9.77. The Kier molecular flexibility index (Phi) is 8.35. The molecule has 0 saturated heterocycles. The number of unbranched alkanes of at least 4 members (excludes halogenated alkanes) is 3. The van der Waals surface area contributed by atoms with Crippen molar-refractivity contribution < 1.29 is 4.79 Å². The van der Waals surface area contributed by atoms with Crippen molar-refractivity contribution in [2.75, 3.05) is 11.0 Å². The first-order chi connectivity index (χ1) is 9.10. The standard InChI is InChI=1S/C16H30INO/c1-14(2)13-16(9-5-6-10-16)15(19)18-12-8-4-3-7-11-17/h14H,3-13H2,1-2H3,(H,18,19). The number of hydrogen-bond acceptors (Lipinski definition) is 1. The third-order valence-electron chi connectivity index (χ3n) is 4.19. The smallest absolute Gasteiger partial charge is 0.226 e. The highest BCUT2D eigenvalue weighted by atomic mass is 127. The first kappa shape index (κ1) is 17.3. The van der Waals surface area contributed by atoms with Gasteiger partial charge in [-0.15, -0.1) is 0 Å². The van der Waals surface area contributed by atoms with Crippen molar-refractivity contribution >= 4 is 28.5 Å². The van der Waals surface area contributed by atoms with Crippen LogP contribution in [0.5, 0.6) is 0 Å². The zero-order valence-corrected chi connectivity index (χ0v) is 14.8. The van der Waals surface area contributed by atoms with Crippen LogP contribution in [0.2, 0.25) is 0 Å². The van der Waals surface area contributed by atoms with Crippen LogP contribution < -0.4 is 5.32 Å². The van der Waals surface area contributed by atoms with Crippen LogP contribution in [0, 0.1) is 11.3 Å². The molecule has 2 nitrogen and oxygen atoms in total.